The Kier molecular flexibility index (Phi) is 16.4. The molecule has 0 radical (unpaired) electrons. The Morgan fingerprint density at radius 3 is 1.69 bits per heavy atom. The maximum atomic E-state index is 13.2. The highest BCUT2D eigenvalue weighted by atomic mass is 32.2. The molecule has 362 valence electrons. The molecule has 1 N–H and O–H groups in total. The molecule has 70 heavy (non-hydrogen) atoms. The van der Waals surface area contributed by atoms with E-state index in [1.807, 2.05) is 29.6 Å². The van der Waals surface area contributed by atoms with Gasteiger partial charge >= 0.3 is 0 Å². The van der Waals surface area contributed by atoms with Crippen molar-refractivity contribution in [2.45, 2.75) is 107 Å². The zero-order valence-electron chi connectivity index (χ0n) is 41.9. The van der Waals surface area contributed by atoms with Crippen LogP contribution in [0.4, 0.5) is 17.1 Å². The third-order valence-electron chi connectivity index (χ3n) is 13.0. The molecule has 0 aromatic heterocycles. The molecule has 0 saturated heterocycles. The standard InChI is InChI=1S/C61H66N2O4S3/c1-41(2)49-26-17-27-50(42(3)4)60(49)62(35-19-37-68-47-21-11-9-12-22-47)45-31-33-53-56(39-45)67-57-40-46(32-34-54(57)59(53)55-25-15-16-30-58(55)70(64,65)66)63(36-20-38-69-48-23-13-10-14-24-48)61-51(43(5)6)28-18-29-52(61)44(7)8/h9-18,21-34,39-44H,19-20,35-38H2,1-8H3/p+1. The maximum absolute atomic E-state index is 13.2. The SMILES string of the molecule is CC(C)c1cccc(C(C)C)c1N(CCCSc1ccccc1)c1ccc2c(-c3ccccc3S(=O)(=O)O)c3ccc(=[N+](CCCSc4ccccc4)c4c(C(C)C)cccc4C(C)C)cc-3oc2c1. The van der Waals surface area contributed by atoms with Gasteiger partial charge in [0.25, 0.3) is 10.1 Å². The van der Waals surface area contributed by atoms with Gasteiger partial charge in [-0.05, 0) is 95.5 Å². The van der Waals surface area contributed by atoms with E-state index in [9.17, 15) is 13.0 Å². The average Bonchev–Trinajstić information content (AvgIpc) is 3.35. The van der Waals surface area contributed by atoms with Crippen LogP contribution in [0.2, 0.25) is 0 Å². The summed E-state index contributed by atoms with van der Waals surface area (Å²) in [5.41, 5.74) is 11.1. The molecule has 0 spiro atoms. The lowest BCUT2D eigenvalue weighted by Crippen LogP contribution is -2.29. The van der Waals surface area contributed by atoms with Crippen molar-refractivity contribution in [1.82, 2.24) is 4.58 Å². The number of hydrogen-bond acceptors (Lipinski definition) is 6. The molecule has 0 fully saturated rings. The fourth-order valence-corrected chi connectivity index (χ4v) is 12.1. The smallest absolute Gasteiger partial charge is 0.295 e. The normalized spacial score (nSPS) is 12.5. The first-order valence-electron chi connectivity index (χ1n) is 24.8. The van der Waals surface area contributed by atoms with E-state index in [1.54, 1.807) is 12.1 Å². The summed E-state index contributed by atoms with van der Waals surface area (Å²) in [6, 6.07) is 54.0. The van der Waals surface area contributed by atoms with Crippen LogP contribution in [0, 0.1) is 0 Å². The second kappa shape index (κ2) is 22.7. The molecule has 0 saturated carbocycles. The highest BCUT2D eigenvalue weighted by Gasteiger charge is 2.29. The predicted molar refractivity (Wildman–Crippen MR) is 298 cm³/mol. The van der Waals surface area contributed by atoms with E-state index in [4.69, 9.17) is 4.42 Å². The van der Waals surface area contributed by atoms with Crippen molar-refractivity contribution in [3.63, 3.8) is 0 Å². The van der Waals surface area contributed by atoms with Crippen molar-refractivity contribution in [3.05, 3.63) is 185 Å². The molecule has 9 heteroatoms. The summed E-state index contributed by atoms with van der Waals surface area (Å²) in [7, 11) is -4.60. The zero-order valence-corrected chi connectivity index (χ0v) is 44.3. The van der Waals surface area contributed by atoms with Crippen LogP contribution in [0.15, 0.2) is 177 Å². The molecule has 2 aliphatic rings. The van der Waals surface area contributed by atoms with Gasteiger partial charge in [0.05, 0.1) is 6.07 Å². The summed E-state index contributed by atoms with van der Waals surface area (Å²) in [5, 5.41) is 1.74. The van der Waals surface area contributed by atoms with Crippen molar-refractivity contribution in [2.75, 3.05) is 29.5 Å². The number of nitrogens with zero attached hydrogens (tertiary/aromatic N) is 2. The fraction of sp³-hybridized carbons (Fsp3) is 0.295. The van der Waals surface area contributed by atoms with Gasteiger partial charge in [-0.2, -0.15) is 13.0 Å². The van der Waals surface area contributed by atoms with Crippen molar-refractivity contribution >= 4 is 61.7 Å². The van der Waals surface area contributed by atoms with Gasteiger partial charge in [-0.1, -0.05) is 146 Å². The molecule has 6 aromatic rings. The fourth-order valence-electron chi connectivity index (χ4n) is 9.64. The van der Waals surface area contributed by atoms with E-state index in [0.29, 0.717) is 22.5 Å². The van der Waals surface area contributed by atoms with Gasteiger partial charge in [-0.3, -0.25) is 4.55 Å². The largest absolute Gasteiger partial charge is 0.456 e. The van der Waals surface area contributed by atoms with Crippen molar-refractivity contribution < 1.29 is 17.4 Å². The predicted octanol–water partition coefficient (Wildman–Crippen LogP) is 16.6. The van der Waals surface area contributed by atoms with Crippen molar-refractivity contribution in [2.24, 2.45) is 0 Å². The number of benzene rings is 7. The number of hydrogen-bond donors (Lipinski definition) is 1. The van der Waals surface area contributed by atoms with Gasteiger partial charge in [0, 0.05) is 85.2 Å². The van der Waals surface area contributed by atoms with Crippen LogP contribution in [0.1, 0.15) is 114 Å². The second-order valence-electron chi connectivity index (χ2n) is 19.3. The van der Waals surface area contributed by atoms with Crippen LogP contribution < -0.4 is 14.8 Å². The first kappa shape index (κ1) is 50.8. The summed E-state index contributed by atoms with van der Waals surface area (Å²) < 4.78 is 46.8. The summed E-state index contributed by atoms with van der Waals surface area (Å²) >= 11 is 3.74. The van der Waals surface area contributed by atoms with Gasteiger partial charge < -0.3 is 9.32 Å². The molecule has 8 rings (SSSR count). The molecule has 1 aliphatic carbocycles. The van der Waals surface area contributed by atoms with E-state index in [1.165, 1.54) is 49.5 Å². The van der Waals surface area contributed by atoms with Crippen LogP contribution >= 0.6 is 23.5 Å². The highest BCUT2D eigenvalue weighted by Crippen LogP contribution is 2.45. The van der Waals surface area contributed by atoms with Gasteiger partial charge in [-0.25, -0.2) is 0 Å². The lowest BCUT2D eigenvalue weighted by atomic mass is 9.91. The summed E-state index contributed by atoms with van der Waals surface area (Å²) in [4.78, 5) is 4.84. The summed E-state index contributed by atoms with van der Waals surface area (Å²) in [6.07, 6.45) is 1.87. The quantitative estimate of drug-likeness (QED) is 0.0284. The molecule has 0 atom stereocenters. The van der Waals surface area contributed by atoms with Crippen LogP contribution in [0.25, 0.3) is 33.4 Å². The van der Waals surface area contributed by atoms with E-state index in [-0.39, 0.29) is 28.6 Å². The molecular formula is C61H67N2O4S3+. The first-order valence-corrected chi connectivity index (χ1v) is 28.2. The van der Waals surface area contributed by atoms with Gasteiger partial charge in [0.15, 0.2) is 0 Å². The molecule has 6 nitrogen and oxygen atoms in total. The first-order chi connectivity index (χ1) is 33.7. The molecular weight excluding hydrogens is 921 g/mol. The molecule has 1 aliphatic heterocycles. The lowest BCUT2D eigenvalue weighted by Gasteiger charge is -2.32. The monoisotopic (exact) mass is 987 g/mol. The topological polar surface area (TPSA) is 73.8 Å². The molecule has 1 heterocycles. The van der Waals surface area contributed by atoms with Crippen molar-refractivity contribution in [3.8, 4) is 22.5 Å². The minimum absolute atomic E-state index is 0.146. The number of thioether (sulfide) groups is 2. The number of rotatable bonds is 19. The Labute approximate surface area is 425 Å². The number of fused-ring (bicyclic) bond motifs is 2. The third-order valence-corrected chi connectivity index (χ3v) is 16.2. The zero-order chi connectivity index (χ0) is 49.5. The van der Waals surface area contributed by atoms with E-state index < -0.39 is 10.1 Å². The minimum Gasteiger partial charge on any atom is -0.456 e. The van der Waals surface area contributed by atoms with Crippen molar-refractivity contribution in [1.29, 1.82) is 0 Å². The Hall–Kier alpha value is -5.58. The average molecular weight is 988 g/mol. The Balaban J connectivity index is 1.37. The minimum atomic E-state index is -4.60. The van der Waals surface area contributed by atoms with Gasteiger partial charge in [0.2, 0.25) is 11.0 Å². The second-order valence-corrected chi connectivity index (χ2v) is 23.1. The van der Waals surface area contributed by atoms with E-state index in [0.717, 1.165) is 59.4 Å². The van der Waals surface area contributed by atoms with Crippen LogP contribution in [-0.2, 0) is 10.1 Å². The number of para-hydroxylation sites is 2. The molecule has 0 bridgehead atoms. The van der Waals surface area contributed by atoms with Crippen LogP contribution in [0.3, 0.4) is 0 Å². The maximum Gasteiger partial charge on any atom is 0.295 e. The Morgan fingerprint density at radius 2 is 1.11 bits per heavy atom. The molecule has 0 unspecified atom stereocenters. The Bertz CT molecular complexity index is 3160. The van der Waals surface area contributed by atoms with Gasteiger partial charge in [0.1, 0.15) is 22.8 Å². The molecule has 0 amide bonds. The summed E-state index contributed by atoms with van der Waals surface area (Å²) in [5.74, 6) is 3.64. The Morgan fingerprint density at radius 1 is 0.571 bits per heavy atom. The van der Waals surface area contributed by atoms with Gasteiger partial charge in [-0.15, -0.1) is 23.5 Å². The lowest BCUT2D eigenvalue weighted by molar-refractivity contribution is 0.483. The van der Waals surface area contributed by atoms with E-state index >= 15 is 0 Å². The molecule has 6 aromatic carbocycles. The van der Waals surface area contributed by atoms with Crippen LogP contribution in [0.5, 0.6) is 0 Å². The number of anilines is 2. The highest BCUT2D eigenvalue weighted by molar-refractivity contribution is 7.99. The van der Waals surface area contributed by atoms with E-state index in [2.05, 4.69) is 198 Å². The summed E-state index contributed by atoms with van der Waals surface area (Å²) in [6.45, 7) is 19.7. The van der Waals surface area contributed by atoms with Crippen LogP contribution in [-0.4, -0.2) is 37.6 Å². The third kappa shape index (κ3) is 11.4.